The van der Waals surface area contributed by atoms with Gasteiger partial charge >= 0.3 is 0 Å². The van der Waals surface area contributed by atoms with Crippen LogP contribution in [-0.2, 0) is 0 Å². The van der Waals surface area contributed by atoms with E-state index < -0.39 is 0 Å². The summed E-state index contributed by atoms with van der Waals surface area (Å²) < 4.78 is 12.1. The summed E-state index contributed by atoms with van der Waals surface area (Å²) in [5, 5.41) is 9.38. The maximum atomic E-state index is 12.1. The van der Waals surface area contributed by atoms with E-state index in [2.05, 4.69) is 18.7 Å². The molecule has 1 rings (SSSR count). The van der Waals surface area contributed by atoms with E-state index in [0.29, 0.717) is 25.0 Å². The fourth-order valence-electron chi connectivity index (χ4n) is 1.97. The van der Waals surface area contributed by atoms with Gasteiger partial charge in [0.2, 0.25) is 0 Å². The van der Waals surface area contributed by atoms with Gasteiger partial charge in [0, 0.05) is 19.1 Å². The molecule has 1 aliphatic heterocycles. The SMILES string of the molecule is CC(C)[C@@H]1C[C@@H](O)CN1CCF. The van der Waals surface area contributed by atoms with E-state index in [0.717, 1.165) is 6.42 Å². The molecule has 0 saturated carbocycles. The Balaban J connectivity index is 2.47. The number of β-amino-alcohol motifs (C(OH)–C–C–N with tert-alkyl or cyclic N) is 1. The minimum atomic E-state index is -0.310. The van der Waals surface area contributed by atoms with Crippen LogP contribution in [0.1, 0.15) is 20.3 Å². The fraction of sp³-hybridized carbons (Fsp3) is 1.00. The van der Waals surface area contributed by atoms with Crippen molar-refractivity contribution in [2.45, 2.75) is 32.4 Å². The molecule has 1 aliphatic rings. The molecule has 1 N–H and O–H groups in total. The van der Waals surface area contributed by atoms with Gasteiger partial charge in [0.05, 0.1) is 6.10 Å². The van der Waals surface area contributed by atoms with Gasteiger partial charge in [0.25, 0.3) is 0 Å². The molecule has 0 bridgehead atoms. The van der Waals surface area contributed by atoms with Crippen LogP contribution < -0.4 is 0 Å². The van der Waals surface area contributed by atoms with Gasteiger partial charge in [-0.05, 0) is 12.3 Å². The minimum absolute atomic E-state index is 0.246. The van der Waals surface area contributed by atoms with Crippen LogP contribution in [0.15, 0.2) is 0 Å². The van der Waals surface area contributed by atoms with Gasteiger partial charge in [-0.2, -0.15) is 0 Å². The quantitative estimate of drug-likeness (QED) is 0.693. The Morgan fingerprint density at radius 2 is 2.25 bits per heavy atom. The van der Waals surface area contributed by atoms with Crippen LogP contribution in [0.25, 0.3) is 0 Å². The Morgan fingerprint density at radius 1 is 1.58 bits per heavy atom. The summed E-state index contributed by atoms with van der Waals surface area (Å²) in [6.45, 7) is 5.05. The van der Waals surface area contributed by atoms with Crippen molar-refractivity contribution < 1.29 is 9.50 Å². The van der Waals surface area contributed by atoms with Crippen molar-refractivity contribution in [2.75, 3.05) is 19.8 Å². The zero-order chi connectivity index (χ0) is 9.14. The van der Waals surface area contributed by atoms with Gasteiger partial charge in [-0.25, -0.2) is 4.39 Å². The largest absolute Gasteiger partial charge is 0.392 e. The highest BCUT2D eigenvalue weighted by atomic mass is 19.1. The summed E-state index contributed by atoms with van der Waals surface area (Å²) >= 11 is 0. The van der Waals surface area contributed by atoms with Gasteiger partial charge < -0.3 is 5.11 Å². The van der Waals surface area contributed by atoms with Crippen molar-refractivity contribution in [1.29, 1.82) is 0 Å². The lowest BCUT2D eigenvalue weighted by Gasteiger charge is -2.25. The number of nitrogens with zero attached hydrogens (tertiary/aromatic N) is 1. The molecule has 1 fully saturated rings. The maximum Gasteiger partial charge on any atom is 0.102 e. The molecule has 1 heterocycles. The fourth-order valence-corrected chi connectivity index (χ4v) is 1.97. The molecule has 0 unspecified atom stereocenters. The molecule has 3 heteroatoms. The number of aliphatic hydroxyl groups excluding tert-OH is 1. The second-order valence-corrected chi connectivity index (χ2v) is 3.88. The molecule has 12 heavy (non-hydrogen) atoms. The normalized spacial score (nSPS) is 31.8. The summed E-state index contributed by atoms with van der Waals surface area (Å²) in [6, 6.07) is 0.371. The molecule has 2 atom stereocenters. The minimum Gasteiger partial charge on any atom is -0.392 e. The maximum absolute atomic E-state index is 12.1. The van der Waals surface area contributed by atoms with Crippen LogP contribution in [-0.4, -0.2) is 41.9 Å². The van der Waals surface area contributed by atoms with Crippen molar-refractivity contribution >= 4 is 0 Å². The van der Waals surface area contributed by atoms with E-state index in [1.54, 1.807) is 0 Å². The number of rotatable bonds is 3. The summed E-state index contributed by atoms with van der Waals surface area (Å²) in [7, 11) is 0. The summed E-state index contributed by atoms with van der Waals surface area (Å²) in [5.41, 5.74) is 0. The van der Waals surface area contributed by atoms with Crippen molar-refractivity contribution in [1.82, 2.24) is 4.90 Å². The van der Waals surface area contributed by atoms with E-state index in [1.807, 2.05) is 0 Å². The van der Waals surface area contributed by atoms with Gasteiger partial charge in [-0.3, -0.25) is 4.90 Å². The molecular weight excluding hydrogens is 157 g/mol. The topological polar surface area (TPSA) is 23.5 Å². The van der Waals surface area contributed by atoms with E-state index in [4.69, 9.17) is 0 Å². The second-order valence-electron chi connectivity index (χ2n) is 3.88. The van der Waals surface area contributed by atoms with Crippen LogP contribution in [0.4, 0.5) is 4.39 Å². The first-order chi connectivity index (χ1) is 5.65. The molecule has 0 spiro atoms. The van der Waals surface area contributed by atoms with Crippen LogP contribution >= 0.6 is 0 Å². The van der Waals surface area contributed by atoms with Gasteiger partial charge in [0.15, 0.2) is 0 Å². The first kappa shape index (κ1) is 9.93. The average Bonchev–Trinajstić information content (AvgIpc) is 2.32. The Kier molecular flexibility index (Phi) is 3.47. The predicted octanol–water partition coefficient (Wildman–Crippen LogP) is 1.05. The number of hydrogen-bond acceptors (Lipinski definition) is 2. The lowest BCUT2D eigenvalue weighted by Crippen LogP contribution is -2.35. The third-order valence-electron chi connectivity index (χ3n) is 2.57. The third-order valence-corrected chi connectivity index (χ3v) is 2.57. The van der Waals surface area contributed by atoms with E-state index in [1.165, 1.54) is 0 Å². The summed E-state index contributed by atoms with van der Waals surface area (Å²) in [5.74, 6) is 0.508. The first-order valence-corrected chi connectivity index (χ1v) is 4.63. The highest BCUT2D eigenvalue weighted by Gasteiger charge is 2.32. The van der Waals surface area contributed by atoms with E-state index >= 15 is 0 Å². The van der Waals surface area contributed by atoms with Gasteiger partial charge in [-0.15, -0.1) is 0 Å². The van der Waals surface area contributed by atoms with E-state index in [9.17, 15) is 9.50 Å². The number of likely N-dealkylation sites (tertiary alicyclic amines) is 1. The Labute approximate surface area is 73.4 Å². The monoisotopic (exact) mass is 175 g/mol. The molecule has 0 aliphatic carbocycles. The zero-order valence-corrected chi connectivity index (χ0v) is 7.83. The number of halogens is 1. The number of alkyl halides is 1. The van der Waals surface area contributed by atoms with Crippen LogP contribution in [0.5, 0.6) is 0 Å². The van der Waals surface area contributed by atoms with Crippen LogP contribution in [0, 0.1) is 5.92 Å². The Hall–Kier alpha value is -0.150. The lowest BCUT2D eigenvalue weighted by atomic mass is 10.0. The summed E-state index contributed by atoms with van der Waals surface area (Å²) in [6.07, 6.45) is 0.557. The standard InChI is InChI=1S/C9H18FNO/c1-7(2)9-5-8(12)6-11(9)4-3-10/h7-9,12H,3-6H2,1-2H3/t8-,9+/m1/s1. The lowest BCUT2D eigenvalue weighted by molar-refractivity contribution is 0.166. The molecule has 1 saturated heterocycles. The molecule has 0 aromatic carbocycles. The summed E-state index contributed by atoms with van der Waals surface area (Å²) in [4.78, 5) is 2.05. The van der Waals surface area contributed by atoms with Crippen molar-refractivity contribution in [3.8, 4) is 0 Å². The highest BCUT2D eigenvalue weighted by molar-refractivity contribution is 4.86. The molecule has 72 valence electrons. The predicted molar refractivity (Wildman–Crippen MR) is 46.8 cm³/mol. The number of aliphatic hydroxyl groups is 1. The van der Waals surface area contributed by atoms with Gasteiger partial charge in [0.1, 0.15) is 6.67 Å². The Bertz CT molecular complexity index is 140. The zero-order valence-electron chi connectivity index (χ0n) is 7.83. The first-order valence-electron chi connectivity index (χ1n) is 4.63. The third kappa shape index (κ3) is 2.17. The molecule has 0 aromatic heterocycles. The molecular formula is C9H18FNO. The van der Waals surface area contributed by atoms with Gasteiger partial charge in [-0.1, -0.05) is 13.8 Å². The van der Waals surface area contributed by atoms with E-state index in [-0.39, 0.29) is 12.8 Å². The van der Waals surface area contributed by atoms with Crippen LogP contribution in [0.3, 0.4) is 0 Å². The molecule has 0 aromatic rings. The van der Waals surface area contributed by atoms with Crippen molar-refractivity contribution in [2.24, 2.45) is 5.92 Å². The molecule has 0 radical (unpaired) electrons. The second kappa shape index (κ2) is 4.19. The van der Waals surface area contributed by atoms with Crippen molar-refractivity contribution in [3.63, 3.8) is 0 Å². The Morgan fingerprint density at radius 3 is 2.75 bits per heavy atom. The highest BCUT2D eigenvalue weighted by Crippen LogP contribution is 2.23. The molecule has 0 amide bonds. The molecule has 2 nitrogen and oxygen atoms in total. The van der Waals surface area contributed by atoms with Crippen LogP contribution in [0.2, 0.25) is 0 Å². The average molecular weight is 175 g/mol. The smallest absolute Gasteiger partial charge is 0.102 e. The number of hydrogen-bond donors (Lipinski definition) is 1. The van der Waals surface area contributed by atoms with Crippen molar-refractivity contribution in [3.05, 3.63) is 0 Å².